The number of rotatable bonds is 5. The first kappa shape index (κ1) is 20.7. The van der Waals surface area contributed by atoms with E-state index in [4.69, 9.17) is 0 Å². The Bertz CT molecular complexity index is 1000. The molecule has 0 spiro atoms. The Kier molecular flexibility index (Phi) is 6.26. The normalized spacial score (nSPS) is 19.1. The minimum Gasteiger partial charge on any atom is -0.207 e. The second-order valence-corrected chi connectivity index (χ2v) is 8.54. The second kappa shape index (κ2) is 9.07. The van der Waals surface area contributed by atoms with E-state index in [1.807, 2.05) is 30.3 Å². The lowest BCUT2D eigenvalue weighted by Gasteiger charge is -2.29. The lowest BCUT2D eigenvalue weighted by Crippen LogP contribution is -2.15. The van der Waals surface area contributed by atoms with Crippen LogP contribution in [0.15, 0.2) is 60.7 Å². The van der Waals surface area contributed by atoms with E-state index in [1.165, 1.54) is 0 Å². The van der Waals surface area contributed by atoms with Gasteiger partial charge in [0.1, 0.15) is 5.82 Å². The van der Waals surface area contributed by atoms with Crippen molar-refractivity contribution in [3.63, 3.8) is 0 Å². The van der Waals surface area contributed by atoms with Gasteiger partial charge in [-0.3, -0.25) is 0 Å². The molecule has 3 heteroatoms. The van der Waals surface area contributed by atoms with Crippen molar-refractivity contribution in [2.75, 3.05) is 0 Å². The smallest absolute Gasteiger partial charge is 0.166 e. The molecule has 3 aromatic rings. The fourth-order valence-electron chi connectivity index (χ4n) is 4.65. The van der Waals surface area contributed by atoms with Gasteiger partial charge in [-0.1, -0.05) is 54.6 Å². The molecular formula is C27H27F3. The molecule has 0 heterocycles. The Balaban J connectivity index is 1.38. The Morgan fingerprint density at radius 3 is 2.23 bits per heavy atom. The van der Waals surface area contributed by atoms with Gasteiger partial charge in [-0.05, 0) is 85.6 Å². The van der Waals surface area contributed by atoms with E-state index in [-0.39, 0.29) is 11.7 Å². The molecule has 1 fully saturated rings. The molecule has 4 rings (SSSR count). The Morgan fingerprint density at radius 2 is 1.53 bits per heavy atom. The average molecular weight is 409 g/mol. The summed E-state index contributed by atoms with van der Waals surface area (Å²) < 4.78 is 43.3. The SMILES string of the molecule is Cc1ccc(CCC2CCC(c3ccc(-c4ccccc4)c(F)c3F)CC2)cc1F. The fraction of sp³-hybridized carbons (Fsp3) is 0.333. The molecule has 156 valence electrons. The van der Waals surface area contributed by atoms with Gasteiger partial charge in [-0.25, -0.2) is 13.2 Å². The summed E-state index contributed by atoms with van der Waals surface area (Å²) in [6, 6.07) is 18.0. The van der Waals surface area contributed by atoms with E-state index in [9.17, 15) is 13.2 Å². The summed E-state index contributed by atoms with van der Waals surface area (Å²) in [4.78, 5) is 0. The van der Waals surface area contributed by atoms with Crippen LogP contribution in [-0.4, -0.2) is 0 Å². The maximum atomic E-state index is 14.9. The zero-order chi connectivity index (χ0) is 21.1. The molecule has 3 aromatic carbocycles. The van der Waals surface area contributed by atoms with E-state index in [1.54, 1.807) is 37.3 Å². The van der Waals surface area contributed by atoms with Crippen LogP contribution in [0.2, 0.25) is 0 Å². The van der Waals surface area contributed by atoms with Gasteiger partial charge in [-0.15, -0.1) is 0 Å². The molecular weight excluding hydrogens is 381 g/mol. The lowest BCUT2D eigenvalue weighted by molar-refractivity contribution is 0.305. The number of benzene rings is 3. The molecule has 0 amide bonds. The van der Waals surface area contributed by atoms with Crippen LogP contribution in [0.3, 0.4) is 0 Å². The van der Waals surface area contributed by atoms with Crippen LogP contribution in [0, 0.1) is 30.3 Å². The molecule has 1 aliphatic carbocycles. The van der Waals surface area contributed by atoms with E-state index in [2.05, 4.69) is 0 Å². The number of aryl methyl sites for hydroxylation is 2. The summed E-state index contributed by atoms with van der Waals surface area (Å²) in [6.07, 6.45) is 5.61. The molecule has 30 heavy (non-hydrogen) atoms. The van der Waals surface area contributed by atoms with Crippen LogP contribution >= 0.6 is 0 Å². The van der Waals surface area contributed by atoms with Crippen molar-refractivity contribution >= 4 is 0 Å². The molecule has 1 saturated carbocycles. The van der Waals surface area contributed by atoms with Crippen LogP contribution in [-0.2, 0) is 6.42 Å². The molecule has 0 atom stereocenters. The minimum atomic E-state index is -0.748. The van der Waals surface area contributed by atoms with Crippen molar-refractivity contribution in [2.45, 2.75) is 51.4 Å². The molecule has 0 bridgehead atoms. The van der Waals surface area contributed by atoms with Crippen molar-refractivity contribution in [2.24, 2.45) is 5.92 Å². The Hall–Kier alpha value is -2.55. The van der Waals surface area contributed by atoms with E-state index >= 15 is 0 Å². The molecule has 0 saturated heterocycles. The highest BCUT2D eigenvalue weighted by molar-refractivity contribution is 5.64. The fourth-order valence-corrected chi connectivity index (χ4v) is 4.65. The maximum Gasteiger partial charge on any atom is 0.166 e. The molecule has 0 aliphatic heterocycles. The first-order chi connectivity index (χ1) is 14.5. The molecule has 0 radical (unpaired) electrons. The minimum absolute atomic E-state index is 0.0670. The molecule has 0 aromatic heterocycles. The third kappa shape index (κ3) is 4.45. The van der Waals surface area contributed by atoms with Crippen LogP contribution in [0.4, 0.5) is 13.2 Å². The largest absolute Gasteiger partial charge is 0.207 e. The van der Waals surface area contributed by atoms with Crippen molar-refractivity contribution < 1.29 is 13.2 Å². The van der Waals surface area contributed by atoms with Gasteiger partial charge >= 0.3 is 0 Å². The molecule has 0 N–H and O–H groups in total. The monoisotopic (exact) mass is 408 g/mol. The van der Waals surface area contributed by atoms with Gasteiger partial charge in [0.05, 0.1) is 0 Å². The highest BCUT2D eigenvalue weighted by Gasteiger charge is 2.26. The van der Waals surface area contributed by atoms with Crippen LogP contribution in [0.5, 0.6) is 0 Å². The van der Waals surface area contributed by atoms with Gasteiger partial charge < -0.3 is 0 Å². The Labute approximate surface area is 176 Å². The standard InChI is InChI=1S/C27H27F3/c1-18-7-8-20(17-25(18)28)10-9-19-11-13-22(14-12-19)24-16-15-23(26(29)27(24)30)21-5-3-2-4-6-21/h2-8,15-17,19,22H,9-14H2,1H3. The summed E-state index contributed by atoms with van der Waals surface area (Å²) in [5, 5.41) is 0. The van der Waals surface area contributed by atoms with Crippen molar-refractivity contribution in [1.29, 1.82) is 0 Å². The van der Waals surface area contributed by atoms with E-state index < -0.39 is 11.6 Å². The van der Waals surface area contributed by atoms with E-state index in [0.717, 1.165) is 44.1 Å². The van der Waals surface area contributed by atoms with Crippen LogP contribution in [0.1, 0.15) is 54.7 Å². The van der Waals surface area contributed by atoms with Crippen LogP contribution < -0.4 is 0 Å². The van der Waals surface area contributed by atoms with Gasteiger partial charge in [0, 0.05) is 5.56 Å². The second-order valence-electron chi connectivity index (χ2n) is 8.54. The summed E-state index contributed by atoms with van der Waals surface area (Å²) in [7, 11) is 0. The highest BCUT2D eigenvalue weighted by atomic mass is 19.2. The molecule has 0 unspecified atom stereocenters. The van der Waals surface area contributed by atoms with Gasteiger partial charge in [-0.2, -0.15) is 0 Å². The number of halogens is 3. The topological polar surface area (TPSA) is 0 Å². The first-order valence-corrected chi connectivity index (χ1v) is 10.8. The third-order valence-electron chi connectivity index (χ3n) is 6.56. The quantitative estimate of drug-likeness (QED) is 0.401. The van der Waals surface area contributed by atoms with Gasteiger partial charge in [0.15, 0.2) is 11.6 Å². The number of hydrogen-bond donors (Lipinski definition) is 0. The molecule has 0 nitrogen and oxygen atoms in total. The van der Waals surface area contributed by atoms with Crippen molar-refractivity contribution in [3.05, 3.63) is 94.8 Å². The summed E-state index contributed by atoms with van der Waals surface area (Å²) in [6.45, 7) is 1.77. The number of hydrogen-bond acceptors (Lipinski definition) is 0. The predicted octanol–water partition coefficient (Wildman–Crippen LogP) is 7.99. The zero-order valence-corrected chi connectivity index (χ0v) is 17.3. The lowest BCUT2D eigenvalue weighted by atomic mass is 9.76. The van der Waals surface area contributed by atoms with Crippen molar-refractivity contribution in [1.82, 2.24) is 0 Å². The van der Waals surface area contributed by atoms with Gasteiger partial charge in [0.2, 0.25) is 0 Å². The highest BCUT2D eigenvalue weighted by Crippen LogP contribution is 2.40. The van der Waals surface area contributed by atoms with E-state index in [0.29, 0.717) is 28.2 Å². The zero-order valence-electron chi connectivity index (χ0n) is 17.3. The van der Waals surface area contributed by atoms with Crippen molar-refractivity contribution in [3.8, 4) is 11.1 Å². The van der Waals surface area contributed by atoms with Gasteiger partial charge in [0.25, 0.3) is 0 Å². The predicted molar refractivity (Wildman–Crippen MR) is 116 cm³/mol. The first-order valence-electron chi connectivity index (χ1n) is 10.8. The third-order valence-corrected chi connectivity index (χ3v) is 6.56. The maximum absolute atomic E-state index is 14.9. The summed E-state index contributed by atoms with van der Waals surface area (Å²) >= 11 is 0. The summed E-state index contributed by atoms with van der Waals surface area (Å²) in [5.41, 5.74) is 3.22. The molecule has 1 aliphatic rings. The average Bonchev–Trinajstić information content (AvgIpc) is 2.77. The van der Waals surface area contributed by atoms with Crippen LogP contribution in [0.25, 0.3) is 11.1 Å². The summed E-state index contributed by atoms with van der Waals surface area (Å²) in [5.74, 6) is -0.968. The Morgan fingerprint density at radius 1 is 0.800 bits per heavy atom.